The molecule has 1 amide bonds. The molecule has 2 rings (SSSR count). The largest absolute Gasteiger partial charge is 0.481 e. The first-order valence-corrected chi connectivity index (χ1v) is 7.77. The van der Waals surface area contributed by atoms with E-state index in [1.54, 1.807) is 11.9 Å². The standard InChI is InChI=1S/C15H26N2O4/c1-10-3-5-11(6-4-10)16-14(18)7-17(2)13-9-21-8-12(13)15(19)20/h10-13H,3-9H2,1-2H3,(H,16,18)(H,19,20). The number of nitrogens with one attached hydrogen (secondary N) is 1. The van der Waals surface area contributed by atoms with E-state index in [2.05, 4.69) is 12.2 Å². The summed E-state index contributed by atoms with van der Waals surface area (Å²) in [6, 6.07) is 0.0526. The first kappa shape index (κ1) is 16.2. The van der Waals surface area contributed by atoms with Crippen LogP contribution in [0, 0.1) is 11.8 Å². The SMILES string of the molecule is CC1CCC(NC(=O)CN(C)C2COCC2C(=O)O)CC1. The van der Waals surface area contributed by atoms with Crippen LogP contribution in [0.4, 0.5) is 0 Å². The average molecular weight is 298 g/mol. The Hall–Kier alpha value is -1.14. The minimum absolute atomic E-state index is 0.0203. The van der Waals surface area contributed by atoms with Crippen molar-refractivity contribution in [2.24, 2.45) is 11.8 Å². The Labute approximate surface area is 125 Å². The lowest BCUT2D eigenvalue weighted by atomic mass is 9.87. The van der Waals surface area contributed by atoms with Crippen molar-refractivity contribution in [3.63, 3.8) is 0 Å². The summed E-state index contributed by atoms with van der Waals surface area (Å²) in [5.41, 5.74) is 0. The van der Waals surface area contributed by atoms with Crippen LogP contribution in [0.1, 0.15) is 32.6 Å². The van der Waals surface area contributed by atoms with Crippen molar-refractivity contribution in [3.05, 3.63) is 0 Å². The Morgan fingerprint density at radius 1 is 1.24 bits per heavy atom. The van der Waals surface area contributed by atoms with Crippen LogP contribution in [0.15, 0.2) is 0 Å². The average Bonchev–Trinajstić information content (AvgIpc) is 2.91. The summed E-state index contributed by atoms with van der Waals surface area (Å²) < 4.78 is 5.24. The number of carboxylic acid groups (broad SMARTS) is 1. The van der Waals surface area contributed by atoms with E-state index in [9.17, 15) is 9.59 Å². The van der Waals surface area contributed by atoms with Crippen molar-refractivity contribution in [2.75, 3.05) is 26.8 Å². The second-order valence-corrected chi connectivity index (χ2v) is 6.49. The van der Waals surface area contributed by atoms with Crippen LogP contribution in [0.5, 0.6) is 0 Å². The maximum atomic E-state index is 12.1. The zero-order valence-corrected chi connectivity index (χ0v) is 12.9. The zero-order valence-electron chi connectivity index (χ0n) is 12.9. The van der Waals surface area contributed by atoms with E-state index in [0.29, 0.717) is 6.61 Å². The molecule has 2 atom stereocenters. The fourth-order valence-electron chi connectivity index (χ4n) is 3.23. The van der Waals surface area contributed by atoms with E-state index in [-0.39, 0.29) is 31.1 Å². The summed E-state index contributed by atoms with van der Waals surface area (Å²) in [4.78, 5) is 25.0. The maximum Gasteiger partial charge on any atom is 0.310 e. The van der Waals surface area contributed by atoms with Gasteiger partial charge in [0.2, 0.25) is 5.91 Å². The highest BCUT2D eigenvalue weighted by molar-refractivity contribution is 5.78. The van der Waals surface area contributed by atoms with Crippen LogP contribution < -0.4 is 5.32 Å². The van der Waals surface area contributed by atoms with Crippen molar-refractivity contribution in [3.8, 4) is 0 Å². The highest BCUT2D eigenvalue weighted by Crippen LogP contribution is 2.23. The fourth-order valence-corrected chi connectivity index (χ4v) is 3.23. The van der Waals surface area contributed by atoms with Gasteiger partial charge in [0.25, 0.3) is 0 Å². The van der Waals surface area contributed by atoms with Gasteiger partial charge in [-0.15, -0.1) is 0 Å². The van der Waals surface area contributed by atoms with Gasteiger partial charge in [-0.2, -0.15) is 0 Å². The zero-order chi connectivity index (χ0) is 15.4. The molecule has 1 saturated carbocycles. The lowest BCUT2D eigenvalue weighted by Gasteiger charge is -2.29. The topological polar surface area (TPSA) is 78.9 Å². The van der Waals surface area contributed by atoms with E-state index in [0.717, 1.165) is 18.8 Å². The molecule has 0 aromatic rings. The number of rotatable bonds is 5. The van der Waals surface area contributed by atoms with Gasteiger partial charge in [-0.3, -0.25) is 14.5 Å². The molecule has 0 radical (unpaired) electrons. The van der Waals surface area contributed by atoms with E-state index in [1.807, 2.05) is 0 Å². The molecule has 0 aromatic carbocycles. The predicted octanol–water partition coefficient (Wildman–Crippen LogP) is 0.713. The lowest BCUT2D eigenvalue weighted by Crippen LogP contribution is -2.48. The van der Waals surface area contributed by atoms with Gasteiger partial charge in [0, 0.05) is 12.1 Å². The summed E-state index contributed by atoms with van der Waals surface area (Å²) in [7, 11) is 1.79. The van der Waals surface area contributed by atoms with Crippen molar-refractivity contribution >= 4 is 11.9 Å². The van der Waals surface area contributed by atoms with E-state index in [1.165, 1.54) is 12.8 Å². The molecule has 1 heterocycles. The molecular weight excluding hydrogens is 272 g/mol. The molecule has 6 heteroatoms. The minimum atomic E-state index is -0.856. The molecule has 2 aliphatic rings. The molecule has 2 fully saturated rings. The number of hydrogen-bond donors (Lipinski definition) is 2. The number of nitrogens with zero attached hydrogens (tertiary/aromatic N) is 1. The molecule has 1 aliphatic heterocycles. The van der Waals surface area contributed by atoms with Gasteiger partial charge in [0.15, 0.2) is 0 Å². The van der Waals surface area contributed by atoms with Crippen LogP contribution in [0.25, 0.3) is 0 Å². The van der Waals surface area contributed by atoms with E-state index < -0.39 is 11.9 Å². The summed E-state index contributed by atoms with van der Waals surface area (Å²) in [6.07, 6.45) is 4.42. The second kappa shape index (κ2) is 7.22. The van der Waals surface area contributed by atoms with Gasteiger partial charge >= 0.3 is 5.97 Å². The molecule has 2 N–H and O–H groups in total. The molecule has 2 unspecified atom stereocenters. The van der Waals surface area contributed by atoms with Crippen LogP contribution in [-0.4, -0.2) is 60.8 Å². The third-order valence-electron chi connectivity index (χ3n) is 4.71. The van der Waals surface area contributed by atoms with Gasteiger partial charge in [0.05, 0.1) is 25.7 Å². The minimum Gasteiger partial charge on any atom is -0.481 e. The van der Waals surface area contributed by atoms with Gasteiger partial charge in [-0.05, 0) is 38.6 Å². The van der Waals surface area contributed by atoms with Gasteiger partial charge < -0.3 is 15.2 Å². The Morgan fingerprint density at radius 2 is 1.90 bits per heavy atom. The maximum absolute atomic E-state index is 12.1. The highest BCUT2D eigenvalue weighted by atomic mass is 16.5. The van der Waals surface area contributed by atoms with E-state index in [4.69, 9.17) is 9.84 Å². The number of hydrogen-bond acceptors (Lipinski definition) is 4. The Kier molecular flexibility index (Phi) is 5.58. The first-order valence-electron chi connectivity index (χ1n) is 7.77. The quantitative estimate of drug-likeness (QED) is 0.781. The van der Waals surface area contributed by atoms with Crippen LogP contribution in [-0.2, 0) is 14.3 Å². The summed E-state index contributed by atoms with van der Waals surface area (Å²) in [5, 5.41) is 12.2. The number of carboxylic acids is 1. The first-order chi connectivity index (χ1) is 9.97. The molecule has 1 aliphatic carbocycles. The van der Waals surface area contributed by atoms with Crippen LogP contribution in [0.3, 0.4) is 0 Å². The Balaban J connectivity index is 1.78. The number of carbonyl (C=O) groups excluding carboxylic acids is 1. The van der Waals surface area contributed by atoms with Gasteiger partial charge in [0.1, 0.15) is 0 Å². The normalized spacial score (nSPS) is 33.1. The Morgan fingerprint density at radius 3 is 2.52 bits per heavy atom. The van der Waals surface area contributed by atoms with Crippen LogP contribution in [0.2, 0.25) is 0 Å². The molecule has 120 valence electrons. The molecular formula is C15H26N2O4. The number of carbonyl (C=O) groups is 2. The van der Waals surface area contributed by atoms with Gasteiger partial charge in [-0.25, -0.2) is 0 Å². The predicted molar refractivity (Wildman–Crippen MR) is 77.9 cm³/mol. The molecule has 21 heavy (non-hydrogen) atoms. The molecule has 1 saturated heterocycles. The lowest BCUT2D eigenvalue weighted by molar-refractivity contribution is -0.143. The van der Waals surface area contributed by atoms with Crippen molar-refractivity contribution in [1.82, 2.24) is 10.2 Å². The van der Waals surface area contributed by atoms with Crippen LogP contribution >= 0.6 is 0 Å². The third kappa shape index (κ3) is 4.41. The number of ether oxygens (including phenoxy) is 1. The smallest absolute Gasteiger partial charge is 0.310 e. The van der Waals surface area contributed by atoms with Gasteiger partial charge in [-0.1, -0.05) is 6.92 Å². The second-order valence-electron chi connectivity index (χ2n) is 6.49. The fraction of sp³-hybridized carbons (Fsp3) is 0.867. The molecule has 6 nitrogen and oxygen atoms in total. The molecule has 0 bridgehead atoms. The molecule has 0 aromatic heterocycles. The van der Waals surface area contributed by atoms with E-state index >= 15 is 0 Å². The summed E-state index contributed by atoms with van der Waals surface area (Å²) in [6.45, 7) is 3.08. The number of amides is 1. The summed E-state index contributed by atoms with van der Waals surface area (Å²) in [5.74, 6) is -0.662. The van der Waals surface area contributed by atoms with Crippen molar-refractivity contribution < 1.29 is 19.4 Å². The van der Waals surface area contributed by atoms with Crippen molar-refractivity contribution in [2.45, 2.75) is 44.7 Å². The number of aliphatic carboxylic acids is 1. The number of likely N-dealkylation sites (N-methyl/N-ethyl adjacent to an activating group) is 1. The molecule has 0 spiro atoms. The Bertz CT molecular complexity index is 380. The monoisotopic (exact) mass is 298 g/mol. The third-order valence-corrected chi connectivity index (χ3v) is 4.71. The highest BCUT2D eigenvalue weighted by Gasteiger charge is 2.37. The summed E-state index contributed by atoms with van der Waals surface area (Å²) >= 11 is 0. The van der Waals surface area contributed by atoms with Crippen molar-refractivity contribution in [1.29, 1.82) is 0 Å².